The molecule has 2 rings (SSSR count). The third-order valence-electron chi connectivity index (χ3n) is 4.74. The summed E-state index contributed by atoms with van der Waals surface area (Å²) in [4.78, 5) is 0. The molecule has 0 aromatic carbocycles. The average molecular weight is 198 g/mol. The van der Waals surface area contributed by atoms with Crippen LogP contribution in [0.25, 0.3) is 0 Å². The molecule has 5 atom stereocenters. The van der Waals surface area contributed by atoms with Gasteiger partial charge in [0.1, 0.15) is 0 Å². The van der Waals surface area contributed by atoms with Gasteiger partial charge in [-0.15, -0.1) is 0 Å². The molecule has 0 amide bonds. The minimum atomic E-state index is 0.663. The third-order valence-corrected chi connectivity index (χ3v) is 6.29. The second-order valence-corrected chi connectivity index (χ2v) is 6.65. The summed E-state index contributed by atoms with van der Waals surface area (Å²) >= 11 is 2.15. The highest BCUT2D eigenvalue weighted by molar-refractivity contribution is 8.00. The maximum atomic E-state index is 2.47. The lowest BCUT2D eigenvalue weighted by atomic mass is 9.73. The van der Waals surface area contributed by atoms with Gasteiger partial charge in [0.15, 0.2) is 0 Å². The van der Waals surface area contributed by atoms with E-state index in [0.29, 0.717) is 4.75 Å². The molecule has 2 bridgehead atoms. The third kappa shape index (κ3) is 1.35. The molecule has 0 heterocycles. The Kier molecular flexibility index (Phi) is 2.42. The molecule has 2 saturated carbocycles. The molecule has 0 radical (unpaired) electrons. The smallest absolute Gasteiger partial charge is 0.0188 e. The van der Waals surface area contributed by atoms with Gasteiger partial charge in [-0.3, -0.25) is 0 Å². The molecule has 0 saturated heterocycles. The number of fused-ring (bicyclic) bond motifs is 2. The Morgan fingerprint density at radius 1 is 1.08 bits per heavy atom. The van der Waals surface area contributed by atoms with Crippen LogP contribution in [-0.2, 0) is 0 Å². The minimum absolute atomic E-state index is 0.663. The van der Waals surface area contributed by atoms with Crippen LogP contribution in [0.1, 0.15) is 40.0 Å². The standard InChI is InChI=1S/C12H22S/c1-8-5-10(3)12(13-4)6-9(2)11(8)7-12/h8-11H,5-7H2,1-4H3. The molecule has 13 heavy (non-hydrogen) atoms. The molecule has 0 spiro atoms. The quantitative estimate of drug-likeness (QED) is 0.617. The topological polar surface area (TPSA) is 0 Å². The molecular weight excluding hydrogens is 176 g/mol. The van der Waals surface area contributed by atoms with Crippen molar-refractivity contribution in [2.24, 2.45) is 23.7 Å². The van der Waals surface area contributed by atoms with Crippen molar-refractivity contribution in [3.05, 3.63) is 0 Å². The van der Waals surface area contributed by atoms with Gasteiger partial charge in [0.25, 0.3) is 0 Å². The van der Waals surface area contributed by atoms with Gasteiger partial charge in [-0.25, -0.2) is 0 Å². The number of rotatable bonds is 1. The fourth-order valence-electron chi connectivity index (χ4n) is 3.86. The fraction of sp³-hybridized carbons (Fsp3) is 1.00. The van der Waals surface area contributed by atoms with Crippen LogP contribution in [0.4, 0.5) is 0 Å². The van der Waals surface area contributed by atoms with Gasteiger partial charge in [0, 0.05) is 4.75 Å². The zero-order chi connectivity index (χ0) is 9.64. The monoisotopic (exact) mass is 198 g/mol. The summed E-state index contributed by atoms with van der Waals surface area (Å²) < 4.78 is 0.663. The lowest BCUT2D eigenvalue weighted by Crippen LogP contribution is -2.35. The molecule has 5 unspecified atom stereocenters. The summed E-state index contributed by atoms with van der Waals surface area (Å²) in [7, 11) is 0. The van der Waals surface area contributed by atoms with E-state index in [4.69, 9.17) is 0 Å². The van der Waals surface area contributed by atoms with Crippen molar-refractivity contribution in [2.45, 2.75) is 44.8 Å². The predicted octanol–water partition coefficient (Wildman–Crippen LogP) is 3.81. The number of hydrogen-bond donors (Lipinski definition) is 0. The zero-order valence-electron chi connectivity index (χ0n) is 9.34. The molecule has 2 aliphatic rings. The Morgan fingerprint density at radius 2 is 1.77 bits per heavy atom. The second kappa shape index (κ2) is 3.18. The zero-order valence-corrected chi connectivity index (χ0v) is 10.2. The molecule has 76 valence electrons. The molecular formula is C12H22S. The highest BCUT2D eigenvalue weighted by atomic mass is 32.2. The van der Waals surface area contributed by atoms with Crippen molar-refractivity contribution < 1.29 is 0 Å². The van der Waals surface area contributed by atoms with Crippen LogP contribution in [0, 0.1) is 23.7 Å². The van der Waals surface area contributed by atoms with Crippen LogP contribution in [0.2, 0.25) is 0 Å². The van der Waals surface area contributed by atoms with Gasteiger partial charge in [-0.1, -0.05) is 20.8 Å². The van der Waals surface area contributed by atoms with Gasteiger partial charge in [0.05, 0.1) is 0 Å². The van der Waals surface area contributed by atoms with E-state index >= 15 is 0 Å². The first-order valence-electron chi connectivity index (χ1n) is 5.64. The summed E-state index contributed by atoms with van der Waals surface area (Å²) in [5, 5.41) is 0. The Balaban J connectivity index is 2.24. The summed E-state index contributed by atoms with van der Waals surface area (Å²) in [6, 6.07) is 0. The molecule has 1 heteroatoms. The maximum absolute atomic E-state index is 2.47. The molecule has 0 aromatic heterocycles. The lowest BCUT2D eigenvalue weighted by Gasteiger charge is -2.40. The highest BCUT2D eigenvalue weighted by Gasteiger charge is 2.51. The van der Waals surface area contributed by atoms with Crippen molar-refractivity contribution in [2.75, 3.05) is 6.26 Å². The van der Waals surface area contributed by atoms with Crippen molar-refractivity contribution in [1.82, 2.24) is 0 Å². The largest absolute Gasteiger partial charge is 0.158 e. The Hall–Kier alpha value is 0.350. The van der Waals surface area contributed by atoms with Crippen molar-refractivity contribution in [3.8, 4) is 0 Å². The van der Waals surface area contributed by atoms with E-state index in [-0.39, 0.29) is 0 Å². The summed E-state index contributed by atoms with van der Waals surface area (Å²) in [5.41, 5.74) is 0. The van der Waals surface area contributed by atoms with Crippen LogP contribution in [0.3, 0.4) is 0 Å². The van der Waals surface area contributed by atoms with Gasteiger partial charge >= 0.3 is 0 Å². The van der Waals surface area contributed by atoms with Gasteiger partial charge < -0.3 is 0 Å². The van der Waals surface area contributed by atoms with E-state index in [1.165, 1.54) is 19.3 Å². The lowest BCUT2D eigenvalue weighted by molar-refractivity contribution is 0.202. The molecule has 0 N–H and O–H groups in total. The first kappa shape index (κ1) is 9.89. The van der Waals surface area contributed by atoms with Crippen LogP contribution < -0.4 is 0 Å². The van der Waals surface area contributed by atoms with Gasteiger partial charge in [-0.05, 0) is 49.2 Å². The Labute approximate surface area is 86.9 Å². The maximum Gasteiger partial charge on any atom is 0.0188 e. The van der Waals surface area contributed by atoms with E-state index in [9.17, 15) is 0 Å². The van der Waals surface area contributed by atoms with Gasteiger partial charge in [0.2, 0.25) is 0 Å². The molecule has 0 aliphatic heterocycles. The highest BCUT2D eigenvalue weighted by Crippen LogP contribution is 2.58. The normalized spacial score (nSPS) is 55.4. The van der Waals surface area contributed by atoms with Crippen LogP contribution >= 0.6 is 11.8 Å². The van der Waals surface area contributed by atoms with E-state index in [1.54, 1.807) is 0 Å². The Morgan fingerprint density at radius 3 is 2.38 bits per heavy atom. The molecule has 2 aliphatic carbocycles. The first-order chi connectivity index (χ1) is 6.09. The van der Waals surface area contributed by atoms with E-state index < -0.39 is 0 Å². The van der Waals surface area contributed by atoms with E-state index in [1.807, 2.05) is 0 Å². The minimum Gasteiger partial charge on any atom is -0.158 e. The number of hydrogen-bond acceptors (Lipinski definition) is 1. The van der Waals surface area contributed by atoms with Crippen molar-refractivity contribution in [1.29, 1.82) is 0 Å². The summed E-state index contributed by atoms with van der Waals surface area (Å²) in [5.74, 6) is 3.93. The van der Waals surface area contributed by atoms with Crippen LogP contribution in [0.5, 0.6) is 0 Å². The fourth-order valence-corrected chi connectivity index (χ4v) is 5.15. The van der Waals surface area contributed by atoms with Gasteiger partial charge in [-0.2, -0.15) is 11.8 Å². The summed E-state index contributed by atoms with van der Waals surface area (Å²) in [6.07, 6.45) is 6.76. The molecule has 2 fully saturated rings. The number of thioether (sulfide) groups is 1. The molecule has 0 nitrogen and oxygen atoms in total. The van der Waals surface area contributed by atoms with Crippen LogP contribution in [-0.4, -0.2) is 11.0 Å². The summed E-state index contributed by atoms with van der Waals surface area (Å²) in [6.45, 7) is 7.41. The Bertz CT molecular complexity index is 201. The van der Waals surface area contributed by atoms with Crippen molar-refractivity contribution >= 4 is 11.8 Å². The van der Waals surface area contributed by atoms with Crippen LogP contribution in [0.15, 0.2) is 0 Å². The predicted molar refractivity (Wildman–Crippen MR) is 61.1 cm³/mol. The SMILES string of the molecule is CSC12CC(C)C(C1)C(C)CC2C. The van der Waals surface area contributed by atoms with Crippen molar-refractivity contribution in [3.63, 3.8) is 0 Å². The second-order valence-electron chi connectivity index (χ2n) is 5.43. The average Bonchev–Trinajstić information content (AvgIpc) is 2.39. The molecule has 0 aromatic rings. The first-order valence-corrected chi connectivity index (χ1v) is 6.86. The van der Waals surface area contributed by atoms with E-state index in [0.717, 1.165) is 23.7 Å². The van der Waals surface area contributed by atoms with E-state index in [2.05, 4.69) is 38.8 Å².